The summed E-state index contributed by atoms with van der Waals surface area (Å²) in [6, 6.07) is 4.93. The fraction of sp³-hybridized carbons (Fsp3) is 0.462. The molecule has 0 bridgehead atoms. The van der Waals surface area contributed by atoms with Crippen LogP contribution in [0.4, 0.5) is 10.3 Å². The van der Waals surface area contributed by atoms with Crippen molar-refractivity contribution in [3.05, 3.63) is 24.0 Å². The molecule has 2 N–H and O–H groups in total. The van der Waals surface area contributed by atoms with Gasteiger partial charge in [0.25, 0.3) is 0 Å². The molecule has 1 saturated carbocycles. The molecule has 0 radical (unpaired) electrons. The predicted molar refractivity (Wildman–Crippen MR) is 68.1 cm³/mol. The van der Waals surface area contributed by atoms with Crippen molar-refractivity contribution in [3.63, 3.8) is 0 Å². The van der Waals surface area contributed by atoms with Crippen LogP contribution in [0.1, 0.15) is 19.3 Å². The van der Waals surface area contributed by atoms with Crippen LogP contribution in [-0.2, 0) is 4.74 Å². The summed E-state index contributed by atoms with van der Waals surface area (Å²) in [6.45, 7) is 0. The highest BCUT2D eigenvalue weighted by Gasteiger charge is 2.24. The maximum Gasteiger partial charge on any atom is 0.201 e. The maximum atomic E-state index is 13.1. The van der Waals surface area contributed by atoms with Crippen LogP contribution in [0.15, 0.2) is 18.2 Å². The van der Waals surface area contributed by atoms with E-state index in [0.29, 0.717) is 18.1 Å². The van der Waals surface area contributed by atoms with Crippen LogP contribution in [0, 0.1) is 5.82 Å². The predicted octanol–water partition coefficient (Wildman–Crippen LogP) is 2.68. The lowest BCUT2D eigenvalue weighted by molar-refractivity contribution is 0.108. The van der Waals surface area contributed by atoms with E-state index >= 15 is 0 Å². The molecule has 1 aromatic carbocycles. The minimum atomic E-state index is -0.252. The average Bonchev–Trinajstić information content (AvgIpc) is 2.95. The largest absolute Gasteiger partial charge is 0.381 e. The zero-order chi connectivity index (χ0) is 12.5. The van der Waals surface area contributed by atoms with E-state index < -0.39 is 0 Å². The summed E-state index contributed by atoms with van der Waals surface area (Å²) in [5, 5.41) is 3.34. The number of hydrogen-bond acceptors (Lipinski definition) is 3. The molecule has 3 rings (SSSR count). The summed E-state index contributed by atoms with van der Waals surface area (Å²) in [5.74, 6) is 0.454. The molecule has 0 saturated heterocycles. The lowest BCUT2D eigenvalue weighted by Crippen LogP contribution is -2.17. The molecule has 2 atom stereocenters. The molecule has 1 fully saturated rings. The molecular weight excluding hydrogens is 233 g/mol. The second-order valence-electron chi connectivity index (χ2n) is 4.76. The Morgan fingerprint density at radius 1 is 1.44 bits per heavy atom. The first-order valence-electron chi connectivity index (χ1n) is 6.19. The van der Waals surface area contributed by atoms with Gasteiger partial charge in [-0.1, -0.05) is 0 Å². The van der Waals surface area contributed by atoms with Gasteiger partial charge in [0.05, 0.1) is 17.1 Å². The van der Waals surface area contributed by atoms with Crippen molar-refractivity contribution < 1.29 is 9.13 Å². The van der Waals surface area contributed by atoms with E-state index in [4.69, 9.17) is 4.74 Å². The second kappa shape index (κ2) is 4.57. The van der Waals surface area contributed by atoms with Gasteiger partial charge in [-0.25, -0.2) is 9.37 Å². The lowest BCUT2D eigenvalue weighted by Gasteiger charge is -2.11. The number of H-pyrrole nitrogens is 1. The first-order chi connectivity index (χ1) is 8.74. The molecule has 0 amide bonds. The number of methoxy groups -OCH3 is 1. The Morgan fingerprint density at radius 3 is 3.11 bits per heavy atom. The number of anilines is 1. The van der Waals surface area contributed by atoms with Gasteiger partial charge in [0.1, 0.15) is 5.82 Å². The van der Waals surface area contributed by atoms with Gasteiger partial charge in [-0.15, -0.1) is 0 Å². The number of aromatic amines is 1. The molecule has 0 aliphatic heterocycles. The number of nitrogens with zero attached hydrogens (tertiary/aromatic N) is 1. The Bertz CT molecular complexity index is 554. The number of rotatable bonds is 3. The number of halogens is 1. The highest BCUT2D eigenvalue weighted by Crippen LogP contribution is 2.25. The third kappa shape index (κ3) is 2.18. The van der Waals surface area contributed by atoms with Gasteiger partial charge >= 0.3 is 0 Å². The molecular formula is C13H16FN3O. The monoisotopic (exact) mass is 249 g/mol. The number of nitrogens with one attached hydrogen (secondary N) is 2. The van der Waals surface area contributed by atoms with E-state index in [9.17, 15) is 4.39 Å². The first kappa shape index (κ1) is 11.5. The van der Waals surface area contributed by atoms with Crippen molar-refractivity contribution in [3.8, 4) is 0 Å². The average molecular weight is 249 g/mol. The van der Waals surface area contributed by atoms with Crippen molar-refractivity contribution in [1.29, 1.82) is 0 Å². The van der Waals surface area contributed by atoms with Gasteiger partial charge in [0.2, 0.25) is 5.95 Å². The number of fused-ring (bicyclic) bond motifs is 1. The van der Waals surface area contributed by atoms with E-state index in [-0.39, 0.29) is 5.82 Å². The van der Waals surface area contributed by atoms with Gasteiger partial charge in [-0.2, -0.15) is 0 Å². The summed E-state index contributed by atoms with van der Waals surface area (Å²) in [7, 11) is 1.75. The van der Waals surface area contributed by atoms with E-state index in [1.807, 2.05) is 0 Å². The van der Waals surface area contributed by atoms with Crippen molar-refractivity contribution in [2.75, 3.05) is 12.4 Å². The Labute approximate surface area is 105 Å². The lowest BCUT2D eigenvalue weighted by atomic mass is 10.2. The summed E-state index contributed by atoms with van der Waals surface area (Å²) in [4.78, 5) is 7.49. The minimum absolute atomic E-state index is 0.252. The van der Waals surface area contributed by atoms with E-state index in [0.717, 1.165) is 30.3 Å². The number of benzene rings is 1. The van der Waals surface area contributed by atoms with Crippen LogP contribution in [0.2, 0.25) is 0 Å². The fourth-order valence-corrected chi connectivity index (χ4v) is 2.53. The molecule has 1 heterocycles. The molecule has 96 valence electrons. The van der Waals surface area contributed by atoms with Crippen molar-refractivity contribution in [2.45, 2.75) is 31.4 Å². The van der Waals surface area contributed by atoms with Crippen LogP contribution < -0.4 is 5.32 Å². The summed E-state index contributed by atoms with van der Waals surface area (Å²) >= 11 is 0. The molecule has 1 aliphatic carbocycles. The van der Waals surface area contributed by atoms with Crippen LogP contribution in [0.5, 0.6) is 0 Å². The van der Waals surface area contributed by atoms with Gasteiger partial charge in [-0.3, -0.25) is 0 Å². The molecule has 1 aliphatic rings. The smallest absolute Gasteiger partial charge is 0.201 e. The van der Waals surface area contributed by atoms with E-state index in [1.54, 1.807) is 13.2 Å². The normalized spacial score (nSPS) is 23.7. The Hall–Kier alpha value is -1.62. The minimum Gasteiger partial charge on any atom is -0.381 e. The van der Waals surface area contributed by atoms with Gasteiger partial charge in [0, 0.05) is 13.2 Å². The van der Waals surface area contributed by atoms with Crippen LogP contribution >= 0.6 is 0 Å². The number of aromatic nitrogens is 2. The first-order valence-corrected chi connectivity index (χ1v) is 6.19. The summed E-state index contributed by atoms with van der Waals surface area (Å²) < 4.78 is 18.4. The van der Waals surface area contributed by atoms with Crippen LogP contribution in [0.3, 0.4) is 0 Å². The van der Waals surface area contributed by atoms with Crippen molar-refractivity contribution in [1.82, 2.24) is 9.97 Å². The second-order valence-corrected chi connectivity index (χ2v) is 4.76. The third-order valence-corrected chi connectivity index (χ3v) is 3.50. The standard InChI is InChI=1S/C13H16FN3O/c1-18-10-4-3-9(7-10)15-13-16-11-5-2-8(14)6-12(11)17-13/h2,5-6,9-10H,3-4,7H2,1H3,(H2,15,16,17). The SMILES string of the molecule is COC1CCC(Nc2nc3ccc(F)cc3[nH]2)C1. The third-order valence-electron chi connectivity index (χ3n) is 3.50. The maximum absolute atomic E-state index is 13.1. The number of imidazole rings is 1. The molecule has 18 heavy (non-hydrogen) atoms. The Morgan fingerprint density at radius 2 is 2.33 bits per heavy atom. The quantitative estimate of drug-likeness (QED) is 0.879. The molecule has 2 aromatic rings. The highest BCUT2D eigenvalue weighted by atomic mass is 19.1. The molecule has 2 unspecified atom stereocenters. The molecule has 0 spiro atoms. The molecule has 4 nitrogen and oxygen atoms in total. The van der Waals surface area contributed by atoms with Gasteiger partial charge in [-0.05, 0) is 37.5 Å². The molecule has 1 aromatic heterocycles. The van der Waals surface area contributed by atoms with Crippen LogP contribution in [0.25, 0.3) is 11.0 Å². The van der Waals surface area contributed by atoms with Crippen molar-refractivity contribution >= 4 is 17.0 Å². The topological polar surface area (TPSA) is 49.9 Å². The Balaban J connectivity index is 1.75. The Kier molecular flexibility index (Phi) is 2.91. The van der Waals surface area contributed by atoms with Crippen LogP contribution in [-0.4, -0.2) is 29.2 Å². The van der Waals surface area contributed by atoms with Gasteiger partial charge < -0.3 is 15.0 Å². The fourth-order valence-electron chi connectivity index (χ4n) is 2.53. The number of ether oxygens (including phenoxy) is 1. The summed E-state index contributed by atoms with van der Waals surface area (Å²) in [6.07, 6.45) is 3.47. The summed E-state index contributed by atoms with van der Waals surface area (Å²) in [5.41, 5.74) is 1.50. The zero-order valence-electron chi connectivity index (χ0n) is 10.2. The highest BCUT2D eigenvalue weighted by molar-refractivity contribution is 5.77. The van der Waals surface area contributed by atoms with E-state index in [1.165, 1.54) is 12.1 Å². The number of hydrogen-bond donors (Lipinski definition) is 2. The van der Waals surface area contributed by atoms with E-state index in [2.05, 4.69) is 15.3 Å². The van der Waals surface area contributed by atoms with Gasteiger partial charge in [0.15, 0.2) is 0 Å². The van der Waals surface area contributed by atoms with Crippen molar-refractivity contribution in [2.24, 2.45) is 0 Å². The zero-order valence-corrected chi connectivity index (χ0v) is 10.2. The molecule has 5 heteroatoms.